The van der Waals surface area contributed by atoms with Crippen molar-refractivity contribution in [3.05, 3.63) is 54.1 Å². The number of anilines is 1. The number of fused-ring (bicyclic) bond motifs is 1. The van der Waals surface area contributed by atoms with E-state index in [1.54, 1.807) is 0 Å². The molecule has 3 aromatic rings. The summed E-state index contributed by atoms with van der Waals surface area (Å²) in [5.41, 5.74) is 1.21. The summed E-state index contributed by atoms with van der Waals surface area (Å²) in [4.78, 5) is 17.1. The highest BCUT2D eigenvalue weighted by Gasteiger charge is 2.22. The standard InChI is InChI=1S/C20H23N3O3S2/c1-3-5-14-23(4-2)28(25,26)16-12-10-15(11-13-16)19(24)22-20-21-17-8-6-7-9-18(17)27-20/h6-13H,3-5,14H2,1-2H3,(H,21,22,24). The molecule has 0 aliphatic rings. The molecule has 1 heterocycles. The fraction of sp³-hybridized carbons (Fsp3) is 0.300. The van der Waals surface area contributed by atoms with Crippen LogP contribution in [0.4, 0.5) is 5.13 Å². The van der Waals surface area contributed by atoms with Crippen molar-refractivity contribution < 1.29 is 13.2 Å². The number of para-hydroxylation sites is 1. The van der Waals surface area contributed by atoms with Crippen molar-refractivity contribution in [3.63, 3.8) is 0 Å². The van der Waals surface area contributed by atoms with Crippen LogP contribution < -0.4 is 5.32 Å². The molecular weight excluding hydrogens is 394 g/mol. The molecular formula is C20H23N3O3S2. The number of benzene rings is 2. The Morgan fingerprint density at radius 1 is 1.11 bits per heavy atom. The second-order valence-electron chi connectivity index (χ2n) is 6.32. The SMILES string of the molecule is CCCCN(CC)S(=O)(=O)c1ccc(C(=O)Nc2nc3ccccc3s2)cc1. The van der Waals surface area contributed by atoms with Gasteiger partial charge in [-0.2, -0.15) is 4.31 Å². The van der Waals surface area contributed by atoms with Crippen LogP contribution in [0.15, 0.2) is 53.4 Å². The molecule has 3 rings (SSSR count). The Labute approximate surface area is 169 Å². The summed E-state index contributed by atoms with van der Waals surface area (Å²) in [5.74, 6) is -0.318. The number of thiazole rings is 1. The fourth-order valence-electron chi connectivity index (χ4n) is 2.81. The highest BCUT2D eigenvalue weighted by atomic mass is 32.2. The molecule has 0 spiro atoms. The summed E-state index contributed by atoms with van der Waals surface area (Å²) < 4.78 is 28.0. The largest absolute Gasteiger partial charge is 0.298 e. The van der Waals surface area contributed by atoms with Gasteiger partial charge in [0.15, 0.2) is 5.13 Å². The minimum Gasteiger partial charge on any atom is -0.298 e. The van der Waals surface area contributed by atoms with Gasteiger partial charge in [-0.25, -0.2) is 13.4 Å². The average Bonchev–Trinajstić information content (AvgIpc) is 3.10. The molecule has 2 aromatic carbocycles. The van der Waals surface area contributed by atoms with Gasteiger partial charge >= 0.3 is 0 Å². The maximum absolute atomic E-state index is 12.8. The lowest BCUT2D eigenvalue weighted by Crippen LogP contribution is -2.31. The normalized spacial score (nSPS) is 11.8. The Kier molecular flexibility index (Phi) is 6.43. The summed E-state index contributed by atoms with van der Waals surface area (Å²) in [7, 11) is -3.55. The van der Waals surface area contributed by atoms with Crippen LogP contribution in [0, 0.1) is 0 Å². The molecule has 0 aliphatic heterocycles. The third kappa shape index (κ3) is 4.40. The number of sulfonamides is 1. The summed E-state index contributed by atoms with van der Waals surface area (Å²) in [5, 5.41) is 3.29. The maximum Gasteiger partial charge on any atom is 0.257 e. The Hall–Kier alpha value is -2.29. The van der Waals surface area contributed by atoms with Crippen LogP contribution in [0.1, 0.15) is 37.0 Å². The Morgan fingerprint density at radius 3 is 2.46 bits per heavy atom. The minimum atomic E-state index is -3.55. The zero-order valence-electron chi connectivity index (χ0n) is 15.9. The van der Waals surface area contributed by atoms with Gasteiger partial charge in [-0.05, 0) is 42.8 Å². The van der Waals surface area contributed by atoms with Gasteiger partial charge in [-0.1, -0.05) is 43.7 Å². The molecule has 0 radical (unpaired) electrons. The third-order valence-electron chi connectivity index (χ3n) is 4.38. The van der Waals surface area contributed by atoms with E-state index in [1.807, 2.05) is 38.1 Å². The zero-order valence-corrected chi connectivity index (χ0v) is 17.5. The molecule has 0 atom stereocenters. The highest BCUT2D eigenvalue weighted by molar-refractivity contribution is 7.89. The van der Waals surface area contributed by atoms with E-state index in [-0.39, 0.29) is 10.8 Å². The van der Waals surface area contributed by atoms with E-state index >= 15 is 0 Å². The van der Waals surface area contributed by atoms with Crippen LogP contribution in [-0.4, -0.2) is 36.7 Å². The first-order chi connectivity index (χ1) is 13.5. The predicted octanol–water partition coefficient (Wildman–Crippen LogP) is 4.36. The predicted molar refractivity (Wildman–Crippen MR) is 113 cm³/mol. The van der Waals surface area contributed by atoms with E-state index in [1.165, 1.54) is 39.9 Å². The van der Waals surface area contributed by atoms with Gasteiger partial charge in [0.25, 0.3) is 5.91 Å². The van der Waals surface area contributed by atoms with Gasteiger partial charge in [0.1, 0.15) is 0 Å². The van der Waals surface area contributed by atoms with Crippen molar-refractivity contribution in [3.8, 4) is 0 Å². The van der Waals surface area contributed by atoms with Gasteiger partial charge in [-0.15, -0.1) is 0 Å². The number of aromatic nitrogens is 1. The number of amides is 1. The molecule has 1 N–H and O–H groups in total. The van der Waals surface area contributed by atoms with Crippen LogP contribution in [-0.2, 0) is 10.0 Å². The van der Waals surface area contributed by atoms with Crippen molar-refractivity contribution >= 4 is 42.6 Å². The number of unbranched alkanes of at least 4 members (excludes halogenated alkanes) is 1. The molecule has 1 aromatic heterocycles. The van der Waals surface area contributed by atoms with Crippen molar-refractivity contribution in [1.82, 2.24) is 9.29 Å². The summed E-state index contributed by atoms with van der Waals surface area (Å²) in [6.07, 6.45) is 1.74. The Balaban J connectivity index is 1.74. The first kappa shape index (κ1) is 20.4. The second kappa shape index (κ2) is 8.81. The first-order valence-corrected chi connectivity index (χ1v) is 11.5. The van der Waals surface area contributed by atoms with Crippen LogP contribution in [0.2, 0.25) is 0 Å². The molecule has 0 bridgehead atoms. The van der Waals surface area contributed by atoms with Crippen molar-refractivity contribution in [2.24, 2.45) is 0 Å². The molecule has 0 unspecified atom stereocenters. The monoisotopic (exact) mass is 417 g/mol. The van der Waals surface area contributed by atoms with Gasteiger partial charge in [-0.3, -0.25) is 10.1 Å². The van der Waals surface area contributed by atoms with Gasteiger partial charge in [0, 0.05) is 18.7 Å². The molecule has 1 amide bonds. The third-order valence-corrected chi connectivity index (χ3v) is 7.32. The second-order valence-corrected chi connectivity index (χ2v) is 9.28. The lowest BCUT2D eigenvalue weighted by molar-refractivity contribution is 0.102. The maximum atomic E-state index is 12.8. The number of rotatable bonds is 8. The first-order valence-electron chi connectivity index (χ1n) is 9.23. The zero-order chi connectivity index (χ0) is 20.1. The van der Waals surface area contributed by atoms with Crippen LogP contribution in [0.25, 0.3) is 10.2 Å². The van der Waals surface area contributed by atoms with E-state index in [0.29, 0.717) is 23.8 Å². The van der Waals surface area contributed by atoms with Crippen molar-refractivity contribution in [2.75, 3.05) is 18.4 Å². The van der Waals surface area contributed by atoms with Crippen LogP contribution in [0.3, 0.4) is 0 Å². The smallest absolute Gasteiger partial charge is 0.257 e. The number of hydrogen-bond donors (Lipinski definition) is 1. The van der Waals surface area contributed by atoms with E-state index in [9.17, 15) is 13.2 Å². The van der Waals surface area contributed by atoms with Crippen LogP contribution in [0.5, 0.6) is 0 Å². The Morgan fingerprint density at radius 2 is 1.82 bits per heavy atom. The molecule has 0 saturated carbocycles. The van der Waals surface area contributed by atoms with E-state index in [2.05, 4.69) is 10.3 Å². The summed E-state index contributed by atoms with van der Waals surface area (Å²) >= 11 is 1.40. The number of nitrogens with zero attached hydrogens (tertiary/aromatic N) is 2. The molecule has 8 heteroatoms. The Bertz CT molecular complexity index is 1030. The number of hydrogen-bond acceptors (Lipinski definition) is 5. The van der Waals surface area contributed by atoms with Gasteiger partial charge in [0.05, 0.1) is 15.1 Å². The lowest BCUT2D eigenvalue weighted by Gasteiger charge is -2.20. The molecule has 148 valence electrons. The number of carbonyl (C=O) groups excluding carboxylic acids is 1. The van der Waals surface area contributed by atoms with E-state index < -0.39 is 10.0 Å². The van der Waals surface area contributed by atoms with E-state index in [4.69, 9.17) is 0 Å². The molecule has 6 nitrogen and oxygen atoms in total. The number of carbonyl (C=O) groups is 1. The summed E-state index contributed by atoms with van der Waals surface area (Å²) in [6.45, 7) is 4.77. The molecule has 0 saturated heterocycles. The molecule has 0 fully saturated rings. The lowest BCUT2D eigenvalue weighted by atomic mass is 10.2. The van der Waals surface area contributed by atoms with Crippen molar-refractivity contribution in [2.45, 2.75) is 31.6 Å². The minimum absolute atomic E-state index is 0.196. The summed E-state index contributed by atoms with van der Waals surface area (Å²) in [6, 6.07) is 13.7. The average molecular weight is 418 g/mol. The fourth-order valence-corrected chi connectivity index (χ4v) is 5.15. The van der Waals surface area contributed by atoms with Gasteiger partial charge < -0.3 is 0 Å². The van der Waals surface area contributed by atoms with Gasteiger partial charge in [0.2, 0.25) is 10.0 Å². The topological polar surface area (TPSA) is 79.4 Å². The quantitative estimate of drug-likeness (QED) is 0.591. The number of nitrogens with one attached hydrogen (secondary N) is 1. The highest BCUT2D eigenvalue weighted by Crippen LogP contribution is 2.26. The van der Waals surface area contributed by atoms with E-state index in [0.717, 1.165) is 23.1 Å². The molecule has 28 heavy (non-hydrogen) atoms. The van der Waals surface area contributed by atoms with Crippen molar-refractivity contribution in [1.29, 1.82) is 0 Å². The van der Waals surface area contributed by atoms with Crippen LogP contribution >= 0.6 is 11.3 Å². The molecule has 0 aliphatic carbocycles.